The summed E-state index contributed by atoms with van der Waals surface area (Å²) in [5.74, 6) is -0.00555. The standard InChI is InChI=1S/C19H26ClN3O2.ClH/c1-2-21-13-14-6-9-22(10-7-14)18(24)17-8-11-23(19(17)25)16-5-3-4-15(20)12-16;/h3-5,12,14,17,21H,2,6-11,13H2,1H3;1H. The Labute approximate surface area is 166 Å². The van der Waals surface area contributed by atoms with E-state index in [0.717, 1.165) is 44.7 Å². The first kappa shape index (κ1) is 21.0. The van der Waals surface area contributed by atoms with Gasteiger partial charge in [-0.2, -0.15) is 0 Å². The highest BCUT2D eigenvalue weighted by atomic mass is 35.5. The molecule has 1 aromatic carbocycles. The minimum absolute atomic E-state index is 0. The molecule has 0 radical (unpaired) electrons. The molecule has 7 heteroatoms. The Bertz CT molecular complexity index is 633. The van der Waals surface area contributed by atoms with Gasteiger partial charge in [0.15, 0.2) is 0 Å². The van der Waals surface area contributed by atoms with Crippen LogP contribution in [0.3, 0.4) is 0 Å². The Balaban J connectivity index is 0.00000243. The van der Waals surface area contributed by atoms with E-state index >= 15 is 0 Å². The van der Waals surface area contributed by atoms with Gasteiger partial charge in [-0.05, 0) is 56.5 Å². The summed E-state index contributed by atoms with van der Waals surface area (Å²) in [5.41, 5.74) is 0.775. The quantitative estimate of drug-likeness (QED) is 0.774. The lowest BCUT2D eigenvalue weighted by molar-refractivity contribution is -0.141. The molecule has 3 rings (SSSR count). The molecular formula is C19H27Cl2N3O2. The first-order chi connectivity index (χ1) is 12.1. The highest BCUT2D eigenvalue weighted by molar-refractivity contribution is 6.31. The van der Waals surface area contributed by atoms with Crippen LogP contribution in [0, 0.1) is 11.8 Å². The molecule has 0 saturated carbocycles. The van der Waals surface area contributed by atoms with Gasteiger partial charge in [0.1, 0.15) is 5.92 Å². The third-order valence-corrected chi connectivity index (χ3v) is 5.47. The number of hydrogen-bond acceptors (Lipinski definition) is 3. The average molecular weight is 400 g/mol. The zero-order valence-corrected chi connectivity index (χ0v) is 16.7. The van der Waals surface area contributed by atoms with Crippen LogP contribution >= 0.6 is 24.0 Å². The van der Waals surface area contributed by atoms with Gasteiger partial charge in [-0.1, -0.05) is 24.6 Å². The van der Waals surface area contributed by atoms with Crippen LogP contribution in [0.5, 0.6) is 0 Å². The monoisotopic (exact) mass is 399 g/mol. The summed E-state index contributed by atoms with van der Waals surface area (Å²) in [6.07, 6.45) is 2.61. The molecule has 2 aliphatic heterocycles. The summed E-state index contributed by atoms with van der Waals surface area (Å²) in [4.78, 5) is 29.1. The smallest absolute Gasteiger partial charge is 0.239 e. The summed E-state index contributed by atoms with van der Waals surface area (Å²) in [5, 5.41) is 3.98. The normalized spacial score (nSPS) is 21.0. The molecule has 2 saturated heterocycles. The van der Waals surface area contributed by atoms with Crippen LogP contribution in [0.25, 0.3) is 0 Å². The Morgan fingerprint density at radius 3 is 2.62 bits per heavy atom. The summed E-state index contributed by atoms with van der Waals surface area (Å²) < 4.78 is 0. The molecular weight excluding hydrogens is 373 g/mol. The Morgan fingerprint density at radius 1 is 1.23 bits per heavy atom. The lowest BCUT2D eigenvalue weighted by atomic mass is 9.95. The molecule has 1 aromatic rings. The van der Waals surface area contributed by atoms with Gasteiger partial charge in [-0.15, -0.1) is 12.4 Å². The van der Waals surface area contributed by atoms with Crippen molar-refractivity contribution in [2.75, 3.05) is 37.6 Å². The summed E-state index contributed by atoms with van der Waals surface area (Å²) in [6.45, 7) is 6.20. The maximum Gasteiger partial charge on any atom is 0.239 e. The van der Waals surface area contributed by atoms with Crippen molar-refractivity contribution in [3.63, 3.8) is 0 Å². The van der Waals surface area contributed by atoms with E-state index in [2.05, 4.69) is 12.2 Å². The van der Waals surface area contributed by atoms with Gasteiger partial charge in [0.25, 0.3) is 0 Å². The fraction of sp³-hybridized carbons (Fsp3) is 0.579. The number of carbonyl (C=O) groups is 2. The molecule has 26 heavy (non-hydrogen) atoms. The van der Waals surface area contributed by atoms with Gasteiger partial charge in [0.05, 0.1) is 0 Å². The molecule has 5 nitrogen and oxygen atoms in total. The van der Waals surface area contributed by atoms with Gasteiger partial charge in [0.2, 0.25) is 11.8 Å². The molecule has 0 spiro atoms. The largest absolute Gasteiger partial charge is 0.342 e. The first-order valence-electron chi connectivity index (χ1n) is 9.16. The molecule has 144 valence electrons. The summed E-state index contributed by atoms with van der Waals surface area (Å²) in [7, 11) is 0. The highest BCUT2D eigenvalue weighted by Gasteiger charge is 2.40. The van der Waals surface area contributed by atoms with Crippen molar-refractivity contribution in [2.24, 2.45) is 11.8 Å². The number of nitrogens with zero attached hydrogens (tertiary/aromatic N) is 2. The van der Waals surface area contributed by atoms with E-state index in [1.165, 1.54) is 0 Å². The minimum atomic E-state index is -0.538. The second-order valence-corrected chi connectivity index (χ2v) is 7.32. The maximum atomic E-state index is 12.8. The number of nitrogens with one attached hydrogen (secondary N) is 1. The fourth-order valence-corrected chi connectivity index (χ4v) is 3.92. The van der Waals surface area contributed by atoms with Gasteiger partial charge >= 0.3 is 0 Å². The van der Waals surface area contributed by atoms with E-state index in [4.69, 9.17) is 11.6 Å². The third-order valence-electron chi connectivity index (χ3n) is 5.23. The van der Waals surface area contributed by atoms with Gasteiger partial charge in [-0.25, -0.2) is 0 Å². The highest BCUT2D eigenvalue weighted by Crippen LogP contribution is 2.29. The van der Waals surface area contributed by atoms with Crippen molar-refractivity contribution in [1.29, 1.82) is 0 Å². The Kier molecular flexibility index (Phi) is 7.74. The number of rotatable bonds is 5. The third kappa shape index (κ3) is 4.70. The molecule has 1 atom stereocenters. The van der Waals surface area contributed by atoms with Crippen molar-refractivity contribution in [3.05, 3.63) is 29.3 Å². The van der Waals surface area contributed by atoms with Crippen molar-refractivity contribution in [3.8, 4) is 0 Å². The molecule has 2 heterocycles. The lowest BCUT2D eigenvalue weighted by Crippen LogP contribution is -2.45. The molecule has 0 bridgehead atoms. The predicted molar refractivity (Wildman–Crippen MR) is 107 cm³/mol. The van der Waals surface area contributed by atoms with Crippen LogP contribution in [-0.2, 0) is 9.59 Å². The van der Waals surface area contributed by atoms with Crippen LogP contribution in [0.1, 0.15) is 26.2 Å². The van der Waals surface area contributed by atoms with Gasteiger partial charge in [0, 0.05) is 30.3 Å². The molecule has 2 amide bonds. The Morgan fingerprint density at radius 2 is 1.96 bits per heavy atom. The van der Waals surface area contributed by atoms with Crippen LogP contribution in [0.15, 0.2) is 24.3 Å². The Hall–Kier alpha value is -1.30. The van der Waals surface area contributed by atoms with Gasteiger partial charge < -0.3 is 15.1 Å². The molecule has 2 fully saturated rings. The topological polar surface area (TPSA) is 52.7 Å². The van der Waals surface area contributed by atoms with E-state index < -0.39 is 5.92 Å². The number of benzene rings is 1. The fourth-order valence-electron chi connectivity index (χ4n) is 3.74. The summed E-state index contributed by atoms with van der Waals surface area (Å²) >= 11 is 6.02. The van der Waals surface area contributed by atoms with Crippen molar-refractivity contribution < 1.29 is 9.59 Å². The lowest BCUT2D eigenvalue weighted by Gasteiger charge is -2.33. The zero-order valence-electron chi connectivity index (χ0n) is 15.1. The van der Waals surface area contributed by atoms with Crippen LogP contribution < -0.4 is 10.2 Å². The maximum absolute atomic E-state index is 12.8. The van der Waals surface area contributed by atoms with Crippen LogP contribution in [-0.4, -0.2) is 49.4 Å². The number of anilines is 1. The van der Waals surface area contributed by atoms with E-state index in [-0.39, 0.29) is 24.2 Å². The first-order valence-corrected chi connectivity index (χ1v) is 9.54. The van der Waals surface area contributed by atoms with Gasteiger partial charge in [-0.3, -0.25) is 9.59 Å². The van der Waals surface area contributed by atoms with Crippen molar-refractivity contribution >= 4 is 41.5 Å². The van der Waals surface area contributed by atoms with E-state index in [1.54, 1.807) is 17.0 Å². The second-order valence-electron chi connectivity index (χ2n) is 6.89. The number of carbonyl (C=O) groups excluding carboxylic acids is 2. The number of piperidine rings is 1. The average Bonchev–Trinajstić information content (AvgIpc) is 3.01. The molecule has 0 aromatic heterocycles. The SMILES string of the molecule is CCNCC1CCN(C(=O)C2CCN(c3cccc(Cl)c3)C2=O)CC1.Cl. The van der Waals surface area contributed by atoms with E-state index in [0.29, 0.717) is 23.9 Å². The number of likely N-dealkylation sites (tertiary alicyclic amines) is 1. The summed E-state index contributed by atoms with van der Waals surface area (Å²) in [6, 6.07) is 7.25. The molecule has 0 aliphatic carbocycles. The predicted octanol–water partition coefficient (Wildman–Crippen LogP) is 2.96. The molecule has 1 N–H and O–H groups in total. The zero-order chi connectivity index (χ0) is 17.8. The number of amides is 2. The molecule has 1 unspecified atom stereocenters. The number of hydrogen-bond donors (Lipinski definition) is 1. The minimum Gasteiger partial charge on any atom is -0.342 e. The van der Waals surface area contributed by atoms with Crippen molar-refractivity contribution in [1.82, 2.24) is 10.2 Å². The second kappa shape index (κ2) is 9.58. The van der Waals surface area contributed by atoms with E-state index in [1.807, 2.05) is 17.0 Å². The van der Waals surface area contributed by atoms with E-state index in [9.17, 15) is 9.59 Å². The van der Waals surface area contributed by atoms with Crippen molar-refractivity contribution in [2.45, 2.75) is 26.2 Å². The molecule has 2 aliphatic rings. The number of halogens is 2. The van der Waals surface area contributed by atoms with Crippen LogP contribution in [0.4, 0.5) is 5.69 Å². The van der Waals surface area contributed by atoms with Crippen LogP contribution in [0.2, 0.25) is 5.02 Å².